The van der Waals surface area contributed by atoms with E-state index in [9.17, 15) is 0 Å². The zero-order valence-electron chi connectivity index (χ0n) is 25.9. The number of pyridine rings is 1. The van der Waals surface area contributed by atoms with E-state index in [1.165, 1.54) is 6.20 Å². The van der Waals surface area contributed by atoms with Crippen LogP contribution in [0.2, 0.25) is 0 Å². The molecule has 0 bridgehead atoms. The number of aryl methyl sites for hydroxylation is 2. The summed E-state index contributed by atoms with van der Waals surface area (Å²) in [6, 6.07) is 24.7. The van der Waals surface area contributed by atoms with Gasteiger partial charge in [0, 0.05) is 30.8 Å². The van der Waals surface area contributed by atoms with Crippen LogP contribution in [-0.4, -0.2) is 4.98 Å². The Hall–Kier alpha value is -3.91. The SMILES string of the molecule is [2H]C([2H])([2H])c1cnc(-c2cccc3c2oc2ccccc23)cc1-c1cc2ccc(C(C)(C)C)cc2cc1C([2H])([2H])[2H]. The molecular weight excluding hydrogens is 426 g/mol. The van der Waals surface area contributed by atoms with Crippen LogP contribution in [0.25, 0.3) is 55.1 Å². The first-order valence-electron chi connectivity index (χ1n) is 14.7. The lowest BCUT2D eigenvalue weighted by Crippen LogP contribution is -2.10. The van der Waals surface area contributed by atoms with Gasteiger partial charge in [0.25, 0.3) is 0 Å². The molecule has 0 fully saturated rings. The molecule has 0 amide bonds. The van der Waals surface area contributed by atoms with Gasteiger partial charge in [0.2, 0.25) is 0 Å². The number of fused-ring (bicyclic) bond motifs is 4. The van der Waals surface area contributed by atoms with E-state index >= 15 is 0 Å². The number of nitrogens with zero attached hydrogens (tertiary/aromatic N) is 1. The summed E-state index contributed by atoms with van der Waals surface area (Å²) in [5.74, 6) is 0. The monoisotopic (exact) mass is 461 g/mol. The summed E-state index contributed by atoms with van der Waals surface area (Å²) < 4.78 is 56.2. The van der Waals surface area contributed by atoms with Gasteiger partial charge in [-0.3, -0.25) is 4.98 Å². The number of aromatic nitrogens is 1. The summed E-state index contributed by atoms with van der Waals surface area (Å²) in [7, 11) is 0. The van der Waals surface area contributed by atoms with E-state index in [0.29, 0.717) is 28.0 Å². The summed E-state index contributed by atoms with van der Waals surface area (Å²) in [6.07, 6.45) is 1.34. The topological polar surface area (TPSA) is 26.0 Å². The van der Waals surface area contributed by atoms with Crippen molar-refractivity contribution in [3.8, 4) is 22.4 Å². The third-order valence-electron chi connectivity index (χ3n) is 6.72. The maximum atomic E-state index is 8.39. The highest BCUT2D eigenvalue weighted by Gasteiger charge is 2.17. The molecular formula is C33H29NO. The van der Waals surface area contributed by atoms with Gasteiger partial charge >= 0.3 is 0 Å². The fraction of sp³-hybridized carbons (Fsp3) is 0.182. The molecule has 0 unspecified atom stereocenters. The maximum Gasteiger partial charge on any atom is 0.144 e. The normalized spacial score (nSPS) is 15.4. The third kappa shape index (κ3) is 3.61. The lowest BCUT2D eigenvalue weighted by molar-refractivity contribution is 0.591. The average molecular weight is 462 g/mol. The standard InChI is InChI=1S/C33H29NO/c1-20-15-23-16-24(33(3,4)5)14-13-22(23)17-28(20)29-18-30(34-19-21(29)2)27-11-8-10-26-25-9-6-7-12-31(25)35-32(26)27/h6-19H,1-5H3/i1D3,2D3. The second kappa shape index (κ2) is 7.81. The molecule has 0 saturated carbocycles. The number of para-hydroxylation sites is 2. The van der Waals surface area contributed by atoms with Crippen LogP contribution in [0.1, 0.15) is 45.7 Å². The minimum Gasteiger partial charge on any atom is -0.455 e. The van der Waals surface area contributed by atoms with E-state index in [4.69, 9.17) is 12.6 Å². The number of hydrogen-bond donors (Lipinski definition) is 0. The highest BCUT2D eigenvalue weighted by atomic mass is 16.3. The molecule has 2 nitrogen and oxygen atoms in total. The largest absolute Gasteiger partial charge is 0.455 e. The Morgan fingerprint density at radius 3 is 2.34 bits per heavy atom. The maximum absolute atomic E-state index is 8.39. The van der Waals surface area contributed by atoms with Crippen molar-refractivity contribution in [1.82, 2.24) is 4.98 Å². The zero-order valence-corrected chi connectivity index (χ0v) is 19.9. The third-order valence-corrected chi connectivity index (χ3v) is 6.72. The quantitative estimate of drug-likeness (QED) is 0.257. The van der Waals surface area contributed by atoms with Gasteiger partial charge in [0.15, 0.2) is 0 Å². The van der Waals surface area contributed by atoms with Crippen LogP contribution >= 0.6 is 0 Å². The molecule has 0 aliphatic carbocycles. The van der Waals surface area contributed by atoms with Crippen molar-refractivity contribution in [2.45, 2.75) is 39.9 Å². The molecule has 35 heavy (non-hydrogen) atoms. The van der Waals surface area contributed by atoms with E-state index < -0.39 is 13.7 Å². The Balaban J connectivity index is 1.64. The summed E-state index contributed by atoms with van der Waals surface area (Å²) in [5, 5.41) is 3.52. The molecule has 4 aromatic carbocycles. The number of rotatable bonds is 2. The number of benzene rings is 4. The molecule has 0 spiro atoms. The molecule has 0 saturated heterocycles. The molecule has 6 aromatic rings. The average Bonchev–Trinajstić information content (AvgIpc) is 3.29. The number of hydrogen-bond acceptors (Lipinski definition) is 2. The lowest BCUT2D eigenvalue weighted by Gasteiger charge is -2.20. The van der Waals surface area contributed by atoms with Gasteiger partial charge in [-0.15, -0.1) is 0 Å². The zero-order chi connectivity index (χ0) is 29.3. The van der Waals surface area contributed by atoms with Crippen molar-refractivity contribution in [2.75, 3.05) is 0 Å². The molecule has 172 valence electrons. The van der Waals surface area contributed by atoms with E-state index in [1.807, 2.05) is 60.7 Å². The van der Waals surface area contributed by atoms with Gasteiger partial charge < -0.3 is 4.42 Å². The Morgan fingerprint density at radius 1 is 0.714 bits per heavy atom. The van der Waals surface area contributed by atoms with Gasteiger partial charge in [-0.05, 0) is 82.0 Å². The van der Waals surface area contributed by atoms with Crippen molar-refractivity contribution in [3.05, 3.63) is 102 Å². The number of furan rings is 1. The van der Waals surface area contributed by atoms with Crippen molar-refractivity contribution in [2.24, 2.45) is 0 Å². The second-order valence-electron chi connectivity index (χ2n) is 10.1. The molecule has 0 aliphatic heterocycles. The minimum absolute atomic E-state index is 0.00538. The van der Waals surface area contributed by atoms with Crippen LogP contribution in [0.4, 0.5) is 0 Å². The molecule has 0 radical (unpaired) electrons. The first kappa shape index (κ1) is 15.9. The Bertz CT molecular complexity index is 1960. The van der Waals surface area contributed by atoms with E-state index in [2.05, 4.69) is 25.8 Å². The Kier molecular flexibility index (Phi) is 3.55. The lowest BCUT2D eigenvalue weighted by atomic mass is 9.85. The first-order chi connectivity index (χ1) is 19.2. The van der Waals surface area contributed by atoms with Gasteiger partial charge in [0.05, 0.1) is 5.69 Å². The predicted molar refractivity (Wildman–Crippen MR) is 148 cm³/mol. The van der Waals surface area contributed by atoms with E-state index in [1.54, 1.807) is 18.2 Å². The van der Waals surface area contributed by atoms with Gasteiger partial charge in [-0.2, -0.15) is 0 Å². The van der Waals surface area contributed by atoms with Crippen molar-refractivity contribution >= 4 is 32.7 Å². The fourth-order valence-electron chi connectivity index (χ4n) is 4.76. The molecule has 0 aliphatic rings. The van der Waals surface area contributed by atoms with Gasteiger partial charge in [0.1, 0.15) is 11.2 Å². The summed E-state index contributed by atoms with van der Waals surface area (Å²) in [4.78, 5) is 4.55. The predicted octanol–water partition coefficient (Wildman–Crippen LogP) is 9.38. The smallest absolute Gasteiger partial charge is 0.144 e. The summed E-state index contributed by atoms with van der Waals surface area (Å²) >= 11 is 0. The second-order valence-corrected chi connectivity index (χ2v) is 10.1. The van der Waals surface area contributed by atoms with Crippen LogP contribution in [0, 0.1) is 13.7 Å². The minimum atomic E-state index is -2.51. The summed E-state index contributed by atoms with van der Waals surface area (Å²) in [5.41, 5.74) is 4.31. The molecule has 2 aromatic heterocycles. The molecule has 2 heteroatoms. The Labute approximate surface area is 214 Å². The van der Waals surface area contributed by atoms with Crippen LogP contribution in [-0.2, 0) is 5.41 Å². The highest BCUT2D eigenvalue weighted by molar-refractivity contribution is 6.09. The molecule has 0 atom stereocenters. The van der Waals surface area contributed by atoms with Crippen LogP contribution in [0.15, 0.2) is 89.5 Å². The molecule has 6 rings (SSSR count). The van der Waals surface area contributed by atoms with Crippen molar-refractivity contribution in [3.63, 3.8) is 0 Å². The molecule has 2 heterocycles. The summed E-state index contributed by atoms with van der Waals surface area (Å²) in [6.45, 7) is 1.34. The van der Waals surface area contributed by atoms with Gasteiger partial charge in [-0.1, -0.05) is 75.4 Å². The van der Waals surface area contributed by atoms with Crippen LogP contribution < -0.4 is 0 Å². The fourth-order valence-corrected chi connectivity index (χ4v) is 4.76. The van der Waals surface area contributed by atoms with Crippen molar-refractivity contribution < 1.29 is 12.6 Å². The Morgan fingerprint density at radius 2 is 1.51 bits per heavy atom. The highest BCUT2D eigenvalue weighted by Crippen LogP contribution is 2.38. The van der Waals surface area contributed by atoms with E-state index in [0.717, 1.165) is 32.7 Å². The van der Waals surface area contributed by atoms with Gasteiger partial charge in [-0.25, -0.2) is 0 Å². The molecule has 0 N–H and O–H groups in total. The first-order valence-corrected chi connectivity index (χ1v) is 11.7. The van der Waals surface area contributed by atoms with Crippen LogP contribution in [0.3, 0.4) is 0 Å². The van der Waals surface area contributed by atoms with E-state index in [-0.39, 0.29) is 16.5 Å². The van der Waals surface area contributed by atoms with Crippen molar-refractivity contribution in [1.29, 1.82) is 0 Å². The van der Waals surface area contributed by atoms with Crippen LogP contribution in [0.5, 0.6) is 0 Å².